The summed E-state index contributed by atoms with van der Waals surface area (Å²) in [4.78, 5) is 35.4. The summed E-state index contributed by atoms with van der Waals surface area (Å²) in [7, 11) is 1.33. The molecule has 1 heterocycles. The number of ether oxygens (including phenoxy) is 2. The largest absolute Gasteiger partial charge is 0.465 e. The smallest absolute Gasteiger partial charge is 0.340 e. The zero-order chi connectivity index (χ0) is 21.4. The van der Waals surface area contributed by atoms with Crippen LogP contribution >= 0.6 is 0 Å². The van der Waals surface area contributed by atoms with E-state index in [4.69, 9.17) is 9.47 Å². The maximum Gasteiger partial charge on any atom is 0.340 e. The van der Waals surface area contributed by atoms with E-state index in [0.29, 0.717) is 17.0 Å². The van der Waals surface area contributed by atoms with Gasteiger partial charge in [-0.05, 0) is 38.0 Å². The van der Waals surface area contributed by atoms with E-state index in [-0.39, 0.29) is 23.4 Å². The lowest BCUT2D eigenvalue weighted by molar-refractivity contribution is -0.385. The summed E-state index contributed by atoms with van der Waals surface area (Å²) < 4.78 is 12.5. The number of hydrogen-bond donors (Lipinski definition) is 0. The number of nitro groups is 1. The molecule has 8 nitrogen and oxygen atoms in total. The third kappa shape index (κ3) is 3.52. The minimum absolute atomic E-state index is 0.130. The van der Waals surface area contributed by atoms with Gasteiger partial charge in [-0.15, -0.1) is 0 Å². The molecule has 1 fully saturated rings. The van der Waals surface area contributed by atoms with Crippen LogP contribution in [-0.4, -0.2) is 28.5 Å². The zero-order valence-corrected chi connectivity index (χ0v) is 16.6. The van der Waals surface area contributed by atoms with Crippen LogP contribution in [0.4, 0.5) is 5.69 Å². The molecule has 4 rings (SSSR count). The normalized spacial score (nSPS) is 13.3. The molecule has 30 heavy (non-hydrogen) atoms. The van der Waals surface area contributed by atoms with Gasteiger partial charge in [-0.3, -0.25) is 14.9 Å². The lowest BCUT2D eigenvalue weighted by atomic mass is 10.1. The van der Waals surface area contributed by atoms with Gasteiger partial charge in [-0.25, -0.2) is 4.79 Å². The summed E-state index contributed by atoms with van der Waals surface area (Å²) in [6.45, 7) is 1.88. The van der Waals surface area contributed by atoms with Crippen LogP contribution < -0.4 is 4.74 Å². The Morgan fingerprint density at radius 1 is 1.20 bits per heavy atom. The van der Waals surface area contributed by atoms with Gasteiger partial charge in [0, 0.05) is 34.3 Å². The van der Waals surface area contributed by atoms with E-state index in [0.717, 1.165) is 24.1 Å². The van der Waals surface area contributed by atoms with Crippen LogP contribution in [-0.2, 0) is 16.0 Å². The van der Waals surface area contributed by atoms with Crippen LogP contribution in [0.3, 0.4) is 0 Å². The highest BCUT2D eigenvalue weighted by Gasteiger charge is 2.30. The molecule has 2 aromatic carbocycles. The lowest BCUT2D eigenvalue weighted by Crippen LogP contribution is -2.12. The number of methoxy groups -OCH3 is 1. The molecule has 1 aliphatic rings. The maximum atomic E-state index is 12.4. The highest BCUT2D eigenvalue weighted by atomic mass is 16.6. The zero-order valence-electron chi connectivity index (χ0n) is 16.6. The van der Waals surface area contributed by atoms with E-state index in [1.54, 1.807) is 24.3 Å². The van der Waals surface area contributed by atoms with E-state index in [1.165, 1.54) is 19.2 Å². The molecule has 0 atom stereocenters. The monoisotopic (exact) mass is 408 g/mol. The van der Waals surface area contributed by atoms with Crippen molar-refractivity contribution in [2.75, 3.05) is 7.11 Å². The number of nitrogens with zero attached hydrogens (tertiary/aromatic N) is 2. The van der Waals surface area contributed by atoms with Crippen molar-refractivity contribution in [3.05, 3.63) is 69.4 Å². The number of nitro benzene ring substituents is 1. The summed E-state index contributed by atoms with van der Waals surface area (Å²) in [6.07, 6.45) is 1.87. The first-order valence-electron chi connectivity index (χ1n) is 9.56. The number of aromatic nitrogens is 1. The van der Waals surface area contributed by atoms with Crippen LogP contribution in [0.2, 0.25) is 0 Å². The lowest BCUT2D eigenvalue weighted by Gasteiger charge is -2.07. The fourth-order valence-corrected chi connectivity index (χ4v) is 3.81. The van der Waals surface area contributed by atoms with Crippen LogP contribution in [0, 0.1) is 17.0 Å². The molecule has 0 N–H and O–H groups in total. The molecule has 0 bridgehead atoms. The minimum atomic E-state index is -0.624. The molecular formula is C22H20N2O6. The van der Waals surface area contributed by atoms with Crippen molar-refractivity contribution in [3.63, 3.8) is 0 Å². The Labute approximate surface area is 172 Å². The second-order valence-corrected chi connectivity index (χ2v) is 7.27. The third-order valence-electron chi connectivity index (χ3n) is 5.28. The molecule has 0 amide bonds. The van der Waals surface area contributed by atoms with E-state index in [1.807, 2.05) is 13.0 Å². The number of benzene rings is 2. The first kappa shape index (κ1) is 19.6. The number of esters is 2. The van der Waals surface area contributed by atoms with Crippen molar-refractivity contribution in [3.8, 4) is 5.75 Å². The molecule has 154 valence electrons. The Morgan fingerprint density at radius 3 is 2.60 bits per heavy atom. The Kier molecular flexibility index (Phi) is 4.99. The Balaban J connectivity index is 1.65. The number of para-hydroxylation sites is 1. The fourth-order valence-electron chi connectivity index (χ4n) is 3.81. The quantitative estimate of drug-likeness (QED) is 0.263. The number of fused-ring (bicyclic) bond motifs is 1. The van der Waals surface area contributed by atoms with Crippen molar-refractivity contribution in [1.82, 2.24) is 4.57 Å². The summed E-state index contributed by atoms with van der Waals surface area (Å²) in [5, 5.41) is 11.8. The van der Waals surface area contributed by atoms with Gasteiger partial charge >= 0.3 is 11.9 Å². The van der Waals surface area contributed by atoms with Crippen LogP contribution in [0.1, 0.15) is 40.5 Å². The molecule has 0 aliphatic heterocycles. The number of rotatable bonds is 6. The Hall–Kier alpha value is -3.68. The molecule has 8 heteroatoms. The first-order chi connectivity index (χ1) is 14.4. The molecule has 3 aromatic rings. The van der Waals surface area contributed by atoms with Gasteiger partial charge in [-0.1, -0.05) is 18.2 Å². The summed E-state index contributed by atoms with van der Waals surface area (Å²) in [6, 6.07) is 11.5. The topological polar surface area (TPSA) is 101 Å². The average molecular weight is 408 g/mol. The predicted molar refractivity (Wildman–Crippen MR) is 109 cm³/mol. The van der Waals surface area contributed by atoms with E-state index in [2.05, 4.69) is 4.57 Å². The van der Waals surface area contributed by atoms with Gasteiger partial charge in [0.05, 0.1) is 24.0 Å². The van der Waals surface area contributed by atoms with Crippen LogP contribution in [0.25, 0.3) is 10.9 Å². The molecule has 0 spiro atoms. The van der Waals surface area contributed by atoms with Crippen LogP contribution in [0.5, 0.6) is 5.75 Å². The molecular weight excluding hydrogens is 388 g/mol. The van der Waals surface area contributed by atoms with E-state index < -0.39 is 16.9 Å². The average Bonchev–Trinajstić information content (AvgIpc) is 3.50. The van der Waals surface area contributed by atoms with Gasteiger partial charge < -0.3 is 14.0 Å². The number of carbonyl (C=O) groups is 2. The van der Waals surface area contributed by atoms with Gasteiger partial charge in [0.25, 0.3) is 5.69 Å². The highest BCUT2D eigenvalue weighted by molar-refractivity contribution is 6.06. The van der Waals surface area contributed by atoms with Crippen molar-refractivity contribution >= 4 is 28.5 Å². The fraction of sp³-hybridized carbons (Fsp3) is 0.273. The van der Waals surface area contributed by atoms with E-state index in [9.17, 15) is 19.7 Å². The van der Waals surface area contributed by atoms with Crippen LogP contribution in [0.15, 0.2) is 42.5 Å². The van der Waals surface area contributed by atoms with Crippen molar-refractivity contribution < 1.29 is 24.0 Å². The van der Waals surface area contributed by atoms with Gasteiger partial charge in [-0.2, -0.15) is 0 Å². The second-order valence-electron chi connectivity index (χ2n) is 7.27. The molecule has 0 saturated heterocycles. The van der Waals surface area contributed by atoms with Crippen molar-refractivity contribution in [2.24, 2.45) is 0 Å². The molecule has 0 unspecified atom stereocenters. The Morgan fingerprint density at radius 2 is 1.93 bits per heavy atom. The SMILES string of the molecule is COC(=O)c1c(C)n(C2CC2)c2ccc(OC(=O)Cc3ccccc3[N+](=O)[O-])cc12. The van der Waals surface area contributed by atoms with Gasteiger partial charge in [0.2, 0.25) is 0 Å². The molecule has 1 aliphatic carbocycles. The van der Waals surface area contributed by atoms with E-state index >= 15 is 0 Å². The highest BCUT2D eigenvalue weighted by Crippen LogP contribution is 2.42. The minimum Gasteiger partial charge on any atom is -0.465 e. The summed E-state index contributed by atoms with van der Waals surface area (Å²) in [5.41, 5.74) is 2.31. The second kappa shape index (κ2) is 7.62. The summed E-state index contributed by atoms with van der Waals surface area (Å²) in [5.74, 6) is -0.800. The molecule has 1 aromatic heterocycles. The predicted octanol–water partition coefficient (Wildman–Crippen LogP) is 4.13. The first-order valence-corrected chi connectivity index (χ1v) is 9.56. The van der Waals surface area contributed by atoms with Crippen molar-refractivity contribution in [1.29, 1.82) is 0 Å². The number of carbonyl (C=O) groups excluding carboxylic acids is 2. The van der Waals surface area contributed by atoms with Gasteiger partial charge in [0.1, 0.15) is 5.75 Å². The summed E-state index contributed by atoms with van der Waals surface area (Å²) >= 11 is 0. The maximum absolute atomic E-state index is 12.4. The van der Waals surface area contributed by atoms with Gasteiger partial charge in [0.15, 0.2) is 0 Å². The molecule has 1 saturated carbocycles. The standard InChI is InChI=1S/C22H20N2O6/c1-13-21(22(26)29-2)17-12-16(9-10-19(17)23(13)15-7-8-15)30-20(25)11-14-5-3-4-6-18(14)24(27)28/h3-6,9-10,12,15H,7-8,11H2,1-2H3. The molecule has 0 radical (unpaired) electrons. The van der Waals surface area contributed by atoms with Crippen molar-refractivity contribution in [2.45, 2.75) is 32.2 Å². The number of hydrogen-bond acceptors (Lipinski definition) is 6. The third-order valence-corrected chi connectivity index (χ3v) is 5.28. The Bertz CT molecular complexity index is 1180.